The van der Waals surface area contributed by atoms with E-state index in [1.165, 1.54) is 17.8 Å². The number of hydrogen-bond acceptors (Lipinski definition) is 5. The van der Waals surface area contributed by atoms with Gasteiger partial charge in [-0.1, -0.05) is 37.1 Å². The number of nitrogens with one attached hydrogen (secondary N) is 1. The zero-order valence-corrected chi connectivity index (χ0v) is 18.6. The van der Waals surface area contributed by atoms with E-state index in [1.807, 2.05) is 0 Å². The summed E-state index contributed by atoms with van der Waals surface area (Å²) in [5.41, 5.74) is -0.419. The Morgan fingerprint density at radius 3 is 2.69 bits per heavy atom. The fourth-order valence-corrected chi connectivity index (χ4v) is 5.24. The lowest BCUT2D eigenvalue weighted by atomic mass is 9.89. The molecule has 2 fully saturated rings. The monoisotopic (exact) mass is 468 g/mol. The van der Waals surface area contributed by atoms with Gasteiger partial charge in [-0.2, -0.15) is 13.2 Å². The van der Waals surface area contributed by atoms with E-state index in [0.29, 0.717) is 22.4 Å². The smallest absolute Gasteiger partial charge is 0.377 e. The van der Waals surface area contributed by atoms with E-state index < -0.39 is 11.7 Å². The first-order valence-corrected chi connectivity index (χ1v) is 12.0. The Morgan fingerprint density at radius 1 is 1.16 bits per heavy atom. The van der Waals surface area contributed by atoms with Gasteiger partial charge in [0, 0.05) is 18.3 Å². The predicted molar refractivity (Wildman–Crippen MR) is 114 cm³/mol. The van der Waals surface area contributed by atoms with E-state index in [2.05, 4.69) is 15.5 Å². The molecule has 6 nitrogen and oxygen atoms in total. The molecule has 1 aromatic heterocycles. The van der Waals surface area contributed by atoms with Crippen molar-refractivity contribution in [2.45, 2.75) is 68.9 Å². The highest BCUT2D eigenvalue weighted by Gasteiger charge is 2.31. The average molecular weight is 469 g/mol. The number of alkyl halides is 3. The summed E-state index contributed by atoms with van der Waals surface area (Å²) in [6.07, 6.45) is 2.58. The molecule has 0 spiro atoms. The van der Waals surface area contributed by atoms with Crippen LogP contribution in [0.3, 0.4) is 0 Å². The van der Waals surface area contributed by atoms with Gasteiger partial charge in [0.25, 0.3) is 0 Å². The first kappa shape index (κ1) is 23.1. The molecule has 2 aromatic rings. The molecule has 2 heterocycles. The Labute approximate surface area is 189 Å². The van der Waals surface area contributed by atoms with E-state index in [0.717, 1.165) is 63.7 Å². The molecule has 32 heavy (non-hydrogen) atoms. The van der Waals surface area contributed by atoms with Gasteiger partial charge in [-0.25, -0.2) is 0 Å². The van der Waals surface area contributed by atoms with Crippen molar-refractivity contribution in [3.05, 3.63) is 35.7 Å². The zero-order chi connectivity index (χ0) is 22.6. The minimum absolute atomic E-state index is 0.0120. The van der Waals surface area contributed by atoms with Gasteiger partial charge in [0.05, 0.1) is 23.9 Å². The maximum atomic E-state index is 13.3. The largest absolute Gasteiger partial charge is 0.416 e. The van der Waals surface area contributed by atoms with Gasteiger partial charge in [0.2, 0.25) is 5.91 Å². The minimum Gasteiger partial charge on any atom is -0.377 e. The lowest BCUT2D eigenvalue weighted by molar-refractivity contribution is -0.137. The van der Waals surface area contributed by atoms with E-state index in [1.54, 1.807) is 10.6 Å². The topological polar surface area (TPSA) is 69.0 Å². The van der Waals surface area contributed by atoms with E-state index in [-0.39, 0.29) is 24.5 Å². The molecule has 0 unspecified atom stereocenters. The van der Waals surface area contributed by atoms with Crippen LogP contribution in [-0.2, 0) is 22.3 Å². The molecule has 1 aromatic carbocycles. The quantitative estimate of drug-likeness (QED) is 0.594. The zero-order valence-electron chi connectivity index (χ0n) is 17.7. The van der Waals surface area contributed by atoms with Gasteiger partial charge >= 0.3 is 6.18 Å². The molecular weight excluding hydrogens is 441 g/mol. The molecule has 1 saturated heterocycles. The summed E-state index contributed by atoms with van der Waals surface area (Å²) in [6.45, 7) is 0.836. The number of amides is 1. The van der Waals surface area contributed by atoms with Crippen LogP contribution < -0.4 is 5.32 Å². The van der Waals surface area contributed by atoms with Crippen LogP contribution in [-0.4, -0.2) is 39.1 Å². The highest BCUT2D eigenvalue weighted by atomic mass is 32.2. The molecule has 1 N–H and O–H groups in total. The van der Waals surface area contributed by atoms with Gasteiger partial charge in [-0.15, -0.1) is 10.2 Å². The third-order valence-corrected chi connectivity index (χ3v) is 7.01. The van der Waals surface area contributed by atoms with E-state index in [9.17, 15) is 18.0 Å². The van der Waals surface area contributed by atoms with Gasteiger partial charge in [-0.05, 0) is 43.9 Å². The number of carbonyl (C=O) groups excluding carboxylic acids is 1. The van der Waals surface area contributed by atoms with Crippen LogP contribution >= 0.6 is 11.8 Å². The highest BCUT2D eigenvalue weighted by Crippen LogP contribution is 2.32. The van der Waals surface area contributed by atoms with Crippen molar-refractivity contribution >= 4 is 17.7 Å². The maximum Gasteiger partial charge on any atom is 0.416 e. The van der Waals surface area contributed by atoms with Crippen molar-refractivity contribution in [2.24, 2.45) is 5.92 Å². The molecule has 1 atom stereocenters. The number of halogens is 3. The fraction of sp³-hybridized carbons (Fsp3) is 0.591. The van der Waals surface area contributed by atoms with Crippen LogP contribution in [0.15, 0.2) is 29.4 Å². The Morgan fingerprint density at radius 2 is 1.97 bits per heavy atom. The molecular formula is C22H27F3N4O2S. The average Bonchev–Trinajstić information content (AvgIpc) is 3.46. The Bertz CT molecular complexity index is 922. The van der Waals surface area contributed by atoms with Crippen molar-refractivity contribution in [1.29, 1.82) is 0 Å². The number of hydrogen-bond donors (Lipinski definition) is 1. The second-order valence-corrected chi connectivity index (χ2v) is 9.27. The van der Waals surface area contributed by atoms with Crippen LogP contribution in [0, 0.1) is 5.92 Å². The third-order valence-electron chi connectivity index (χ3n) is 5.95. The van der Waals surface area contributed by atoms with Crippen molar-refractivity contribution in [3.63, 3.8) is 0 Å². The molecule has 0 radical (unpaired) electrons. The number of thioether (sulfide) groups is 1. The lowest BCUT2D eigenvalue weighted by Crippen LogP contribution is -2.32. The molecule has 2 aliphatic rings. The minimum atomic E-state index is -4.45. The van der Waals surface area contributed by atoms with Crippen molar-refractivity contribution in [3.8, 4) is 5.69 Å². The number of benzene rings is 1. The Hall–Kier alpha value is -2.07. The lowest BCUT2D eigenvalue weighted by Gasteiger charge is -2.20. The normalized spacial score (nSPS) is 19.9. The van der Waals surface area contributed by atoms with Crippen molar-refractivity contribution in [2.75, 3.05) is 12.4 Å². The standard InChI is InChI=1S/C22H27F3N4O2S/c23-22(24,25)16-8-4-9-17(12-16)29-19(13-26-20(30)15-6-2-1-3-7-15)27-28-21(29)32-14-18-10-5-11-31-18/h4,8-9,12,15,18H,1-3,5-7,10-11,13-14H2,(H,26,30)/t18-/m1/s1. The van der Waals surface area contributed by atoms with Gasteiger partial charge < -0.3 is 10.1 Å². The summed E-state index contributed by atoms with van der Waals surface area (Å²) >= 11 is 1.41. The molecule has 1 saturated carbocycles. The Kier molecular flexibility index (Phi) is 7.40. The Balaban J connectivity index is 1.56. The molecule has 1 amide bonds. The molecule has 0 bridgehead atoms. The summed E-state index contributed by atoms with van der Waals surface area (Å²) in [7, 11) is 0. The second kappa shape index (κ2) is 10.2. The molecule has 1 aliphatic carbocycles. The van der Waals surface area contributed by atoms with Crippen molar-refractivity contribution in [1.82, 2.24) is 20.1 Å². The number of carbonyl (C=O) groups is 1. The predicted octanol–water partition coefficient (Wildman–Crippen LogP) is 4.75. The first-order valence-electron chi connectivity index (χ1n) is 11.1. The first-order chi connectivity index (χ1) is 15.4. The third kappa shape index (κ3) is 5.64. The summed E-state index contributed by atoms with van der Waals surface area (Å²) < 4.78 is 47.2. The molecule has 1 aliphatic heterocycles. The second-order valence-electron chi connectivity index (χ2n) is 8.28. The maximum absolute atomic E-state index is 13.3. The SMILES string of the molecule is O=C(NCc1nnc(SC[C@H]2CCCO2)n1-c1cccc(C(F)(F)F)c1)C1CCCCC1. The molecule has 174 valence electrons. The van der Waals surface area contributed by atoms with Crippen LogP contribution in [0.1, 0.15) is 56.3 Å². The van der Waals surface area contributed by atoms with Crippen molar-refractivity contribution < 1.29 is 22.7 Å². The molecule has 4 rings (SSSR count). The van der Waals surface area contributed by atoms with Crippen LogP contribution in [0.5, 0.6) is 0 Å². The van der Waals surface area contributed by atoms with E-state index in [4.69, 9.17) is 4.74 Å². The number of aromatic nitrogens is 3. The van der Waals surface area contributed by atoms with Crippen LogP contribution in [0.4, 0.5) is 13.2 Å². The molecule has 10 heteroatoms. The van der Waals surface area contributed by atoms with Crippen LogP contribution in [0.2, 0.25) is 0 Å². The number of ether oxygens (including phenoxy) is 1. The number of rotatable bonds is 7. The summed E-state index contributed by atoms with van der Waals surface area (Å²) in [6, 6.07) is 5.10. The van der Waals surface area contributed by atoms with Gasteiger partial charge in [-0.3, -0.25) is 9.36 Å². The van der Waals surface area contributed by atoms with Crippen LogP contribution in [0.25, 0.3) is 5.69 Å². The fourth-order valence-electron chi connectivity index (χ4n) is 4.21. The summed E-state index contributed by atoms with van der Waals surface area (Å²) in [5, 5.41) is 11.8. The summed E-state index contributed by atoms with van der Waals surface area (Å²) in [5.74, 6) is 1.01. The van der Waals surface area contributed by atoms with Gasteiger partial charge in [0.1, 0.15) is 0 Å². The summed E-state index contributed by atoms with van der Waals surface area (Å²) in [4.78, 5) is 12.6. The van der Waals surface area contributed by atoms with E-state index >= 15 is 0 Å². The number of nitrogens with zero attached hydrogens (tertiary/aromatic N) is 3. The van der Waals surface area contributed by atoms with Gasteiger partial charge in [0.15, 0.2) is 11.0 Å². The highest BCUT2D eigenvalue weighted by molar-refractivity contribution is 7.99.